The first kappa shape index (κ1) is 13.9. The van der Waals surface area contributed by atoms with E-state index in [0.29, 0.717) is 5.82 Å². The molecular weight excluding hydrogens is 238 g/mol. The minimum atomic E-state index is -0.971. The van der Waals surface area contributed by atoms with Crippen LogP contribution in [0.15, 0.2) is 12.1 Å². The van der Waals surface area contributed by atoms with Crippen molar-refractivity contribution >= 4 is 17.5 Å². The topological polar surface area (TPSA) is 96.6 Å². The number of rotatable bonds is 5. The van der Waals surface area contributed by atoms with Gasteiger partial charge in [-0.05, 0) is 26.8 Å². The first-order valence-electron chi connectivity index (χ1n) is 5.43. The lowest BCUT2D eigenvalue weighted by molar-refractivity contribution is -0.385. The van der Waals surface area contributed by atoms with E-state index in [1.165, 1.54) is 19.1 Å². The molecule has 7 heteroatoms. The molecular formula is C11H15N3O4. The summed E-state index contributed by atoms with van der Waals surface area (Å²) in [6.07, 6.45) is 0. The van der Waals surface area contributed by atoms with Crippen LogP contribution in [0.4, 0.5) is 11.5 Å². The summed E-state index contributed by atoms with van der Waals surface area (Å²) in [5, 5.41) is 19.5. The van der Waals surface area contributed by atoms with E-state index in [2.05, 4.69) is 4.98 Å². The van der Waals surface area contributed by atoms with Crippen LogP contribution in [-0.4, -0.2) is 33.6 Å². The van der Waals surface area contributed by atoms with Crippen LogP contribution in [-0.2, 0) is 4.79 Å². The predicted molar refractivity (Wildman–Crippen MR) is 65.7 cm³/mol. The van der Waals surface area contributed by atoms with Crippen LogP contribution in [0.5, 0.6) is 0 Å². The second kappa shape index (κ2) is 5.44. The molecule has 1 heterocycles. The van der Waals surface area contributed by atoms with Gasteiger partial charge < -0.3 is 10.0 Å². The van der Waals surface area contributed by atoms with Crippen LogP contribution in [0, 0.1) is 17.0 Å². The first-order valence-corrected chi connectivity index (χ1v) is 5.43. The normalized spacial score (nSPS) is 10.4. The fourth-order valence-electron chi connectivity index (χ4n) is 1.57. The van der Waals surface area contributed by atoms with E-state index in [1.54, 1.807) is 4.90 Å². The Hall–Kier alpha value is -2.18. The number of hydrogen-bond acceptors (Lipinski definition) is 5. The van der Waals surface area contributed by atoms with Gasteiger partial charge in [0, 0.05) is 12.1 Å². The molecule has 0 saturated heterocycles. The summed E-state index contributed by atoms with van der Waals surface area (Å²) in [6.45, 7) is 5.01. The van der Waals surface area contributed by atoms with E-state index in [9.17, 15) is 14.9 Å². The molecule has 0 amide bonds. The van der Waals surface area contributed by atoms with Crippen molar-refractivity contribution in [3.8, 4) is 0 Å². The molecule has 0 aromatic carbocycles. The quantitative estimate of drug-likeness (QED) is 0.632. The van der Waals surface area contributed by atoms with E-state index in [-0.39, 0.29) is 24.0 Å². The van der Waals surface area contributed by atoms with E-state index in [1.807, 2.05) is 13.8 Å². The van der Waals surface area contributed by atoms with E-state index >= 15 is 0 Å². The van der Waals surface area contributed by atoms with Crippen LogP contribution in [0.25, 0.3) is 0 Å². The maximum atomic E-state index is 10.8. The number of carbonyl (C=O) groups is 1. The number of hydrogen-bond donors (Lipinski definition) is 1. The minimum absolute atomic E-state index is 0.0607. The number of nitro groups is 1. The predicted octanol–water partition coefficient (Wildman–Crippen LogP) is 1.60. The Morgan fingerprint density at radius 3 is 2.56 bits per heavy atom. The van der Waals surface area contributed by atoms with Gasteiger partial charge in [0.1, 0.15) is 18.1 Å². The maximum Gasteiger partial charge on any atom is 0.323 e. The number of nitrogens with zero attached hydrogens (tertiary/aromatic N) is 3. The van der Waals surface area contributed by atoms with Crippen molar-refractivity contribution in [2.75, 3.05) is 11.4 Å². The largest absolute Gasteiger partial charge is 0.480 e. The Kier molecular flexibility index (Phi) is 4.19. The Balaban J connectivity index is 3.10. The van der Waals surface area contributed by atoms with Crippen LogP contribution < -0.4 is 4.90 Å². The van der Waals surface area contributed by atoms with Gasteiger partial charge in [-0.2, -0.15) is 0 Å². The van der Waals surface area contributed by atoms with Crippen molar-refractivity contribution < 1.29 is 14.8 Å². The number of carboxylic acids is 1. The molecule has 0 fully saturated rings. The molecule has 0 bridgehead atoms. The van der Waals surface area contributed by atoms with Crippen molar-refractivity contribution in [1.29, 1.82) is 0 Å². The molecule has 7 nitrogen and oxygen atoms in total. The summed E-state index contributed by atoms with van der Waals surface area (Å²) in [7, 11) is 0. The summed E-state index contributed by atoms with van der Waals surface area (Å²) < 4.78 is 0. The number of aliphatic carboxylic acids is 1. The summed E-state index contributed by atoms with van der Waals surface area (Å²) >= 11 is 0. The van der Waals surface area contributed by atoms with Crippen molar-refractivity contribution in [1.82, 2.24) is 4.98 Å². The molecule has 1 aromatic rings. The van der Waals surface area contributed by atoms with E-state index in [4.69, 9.17) is 5.11 Å². The molecule has 1 aromatic heterocycles. The van der Waals surface area contributed by atoms with E-state index < -0.39 is 10.9 Å². The van der Waals surface area contributed by atoms with Crippen molar-refractivity contribution in [2.24, 2.45) is 0 Å². The third kappa shape index (κ3) is 3.16. The van der Waals surface area contributed by atoms with Crippen LogP contribution in [0.3, 0.4) is 0 Å². The van der Waals surface area contributed by atoms with Crippen molar-refractivity contribution in [3.63, 3.8) is 0 Å². The van der Waals surface area contributed by atoms with Gasteiger partial charge in [-0.15, -0.1) is 0 Å². The average molecular weight is 253 g/mol. The number of aryl methyl sites for hydroxylation is 1. The minimum Gasteiger partial charge on any atom is -0.480 e. The third-order valence-electron chi connectivity index (χ3n) is 2.46. The number of pyridine rings is 1. The second-order valence-corrected chi connectivity index (χ2v) is 4.15. The molecule has 18 heavy (non-hydrogen) atoms. The summed E-state index contributed by atoms with van der Waals surface area (Å²) in [5.41, 5.74) is 0.200. The molecule has 0 radical (unpaired) electrons. The van der Waals surface area contributed by atoms with Gasteiger partial charge in [-0.25, -0.2) is 4.98 Å². The molecule has 1 N–H and O–H groups in total. The number of anilines is 1. The second-order valence-electron chi connectivity index (χ2n) is 4.15. The molecule has 0 aliphatic rings. The number of aromatic nitrogens is 1. The third-order valence-corrected chi connectivity index (χ3v) is 2.46. The van der Waals surface area contributed by atoms with Crippen LogP contribution in [0.1, 0.15) is 19.5 Å². The van der Waals surface area contributed by atoms with Crippen molar-refractivity contribution in [2.45, 2.75) is 26.8 Å². The standard InChI is InChI=1S/C11H15N3O4/c1-7(2)13(6-11(15)16)10-5-4-9(14(17)18)8(3)12-10/h4-5,7H,6H2,1-3H3,(H,15,16). The molecule has 0 saturated carbocycles. The van der Waals surface area contributed by atoms with Crippen LogP contribution >= 0.6 is 0 Å². The van der Waals surface area contributed by atoms with Crippen LogP contribution in [0.2, 0.25) is 0 Å². The van der Waals surface area contributed by atoms with Gasteiger partial charge in [0.15, 0.2) is 0 Å². The highest BCUT2D eigenvalue weighted by molar-refractivity contribution is 5.73. The van der Waals surface area contributed by atoms with Gasteiger partial charge in [0.2, 0.25) is 0 Å². The van der Waals surface area contributed by atoms with Gasteiger partial charge in [-0.3, -0.25) is 14.9 Å². The molecule has 0 spiro atoms. The molecule has 1 rings (SSSR count). The SMILES string of the molecule is Cc1nc(N(CC(=O)O)C(C)C)ccc1[N+](=O)[O-]. The first-order chi connectivity index (χ1) is 8.32. The molecule has 0 unspecified atom stereocenters. The van der Waals surface area contributed by atoms with E-state index in [0.717, 1.165) is 0 Å². The zero-order chi connectivity index (χ0) is 13.9. The fourth-order valence-corrected chi connectivity index (χ4v) is 1.57. The van der Waals surface area contributed by atoms with Gasteiger partial charge in [-0.1, -0.05) is 0 Å². The zero-order valence-electron chi connectivity index (χ0n) is 10.5. The lowest BCUT2D eigenvalue weighted by Crippen LogP contribution is -2.36. The smallest absolute Gasteiger partial charge is 0.323 e. The Morgan fingerprint density at radius 2 is 2.17 bits per heavy atom. The zero-order valence-corrected chi connectivity index (χ0v) is 10.5. The maximum absolute atomic E-state index is 10.8. The highest BCUT2D eigenvalue weighted by Gasteiger charge is 2.18. The lowest BCUT2D eigenvalue weighted by Gasteiger charge is -2.26. The summed E-state index contributed by atoms with van der Waals surface area (Å²) in [6, 6.07) is 2.75. The highest BCUT2D eigenvalue weighted by atomic mass is 16.6. The Bertz CT molecular complexity index is 473. The molecule has 0 aliphatic heterocycles. The Morgan fingerprint density at radius 1 is 1.56 bits per heavy atom. The van der Waals surface area contributed by atoms with Gasteiger partial charge in [0.05, 0.1) is 4.92 Å². The van der Waals surface area contributed by atoms with Gasteiger partial charge >= 0.3 is 5.97 Å². The summed E-state index contributed by atoms with van der Waals surface area (Å²) in [5.74, 6) is -0.544. The van der Waals surface area contributed by atoms with Crippen molar-refractivity contribution in [3.05, 3.63) is 27.9 Å². The lowest BCUT2D eigenvalue weighted by atomic mass is 10.2. The number of carboxylic acid groups (broad SMARTS) is 1. The highest BCUT2D eigenvalue weighted by Crippen LogP contribution is 2.21. The molecule has 0 aliphatic carbocycles. The fraction of sp³-hybridized carbons (Fsp3) is 0.455. The Labute approximate surface area is 104 Å². The average Bonchev–Trinajstić information content (AvgIpc) is 2.24. The molecule has 98 valence electrons. The summed E-state index contributed by atoms with van der Waals surface area (Å²) in [4.78, 5) is 26.6. The van der Waals surface area contributed by atoms with Gasteiger partial charge in [0.25, 0.3) is 5.69 Å². The monoisotopic (exact) mass is 253 g/mol. The molecule has 0 atom stereocenters.